The molecule has 0 bridgehead atoms. The number of nitrogens with one attached hydrogen (secondary N) is 1. The fraction of sp³-hybridized carbons (Fsp3) is 0.457. The molecule has 3 rings (SSSR count). The lowest BCUT2D eigenvalue weighted by atomic mass is 10.1. The van der Waals surface area contributed by atoms with Gasteiger partial charge >= 0.3 is 18.2 Å². The van der Waals surface area contributed by atoms with E-state index in [0.717, 1.165) is 23.8 Å². The normalized spacial score (nSPS) is 13.0. The summed E-state index contributed by atoms with van der Waals surface area (Å²) < 4.78 is 85.1. The monoisotopic (exact) mass is 722 g/mol. The molecule has 15 heteroatoms. The van der Waals surface area contributed by atoms with Gasteiger partial charge in [-0.25, -0.2) is 18.2 Å². The summed E-state index contributed by atoms with van der Waals surface area (Å²) >= 11 is 0. The first-order valence-electron chi connectivity index (χ1n) is 15.9. The van der Waals surface area contributed by atoms with E-state index in [9.17, 15) is 31.2 Å². The number of unbranched alkanes of at least 4 members (excludes halogenated alkanes) is 1. The number of hydrogen-bond donors (Lipinski definition) is 2. The van der Waals surface area contributed by atoms with Crippen LogP contribution >= 0.6 is 0 Å². The number of nitrogens with zero attached hydrogens (tertiary/aromatic N) is 2. The van der Waals surface area contributed by atoms with Gasteiger partial charge in [-0.2, -0.15) is 17.9 Å². The second-order valence-electron chi connectivity index (χ2n) is 13.7. The lowest BCUT2D eigenvalue weighted by Gasteiger charge is -2.27. The fourth-order valence-corrected chi connectivity index (χ4v) is 5.80. The van der Waals surface area contributed by atoms with Gasteiger partial charge in [0.1, 0.15) is 28.8 Å². The minimum atomic E-state index is -4.77. The molecule has 0 saturated heterocycles. The average molecular weight is 723 g/mol. The van der Waals surface area contributed by atoms with E-state index in [-0.39, 0.29) is 18.7 Å². The number of carbonyl (C=O) groups is 2. The van der Waals surface area contributed by atoms with Crippen molar-refractivity contribution in [3.05, 3.63) is 77.5 Å². The molecule has 1 atom stereocenters. The molecule has 0 aliphatic rings. The van der Waals surface area contributed by atoms with Gasteiger partial charge in [0.05, 0.1) is 22.8 Å². The van der Waals surface area contributed by atoms with Crippen molar-refractivity contribution < 1.29 is 45.4 Å². The summed E-state index contributed by atoms with van der Waals surface area (Å²) in [5.74, 6) is -0.105. The van der Waals surface area contributed by atoms with Gasteiger partial charge < -0.3 is 19.9 Å². The van der Waals surface area contributed by atoms with Gasteiger partial charge in [-0.15, -0.1) is 0 Å². The minimum Gasteiger partial charge on any atom is -0.491 e. The van der Waals surface area contributed by atoms with E-state index in [1.54, 1.807) is 65.9 Å². The summed E-state index contributed by atoms with van der Waals surface area (Å²) in [7, 11) is -4.58. The predicted molar refractivity (Wildman–Crippen MR) is 183 cm³/mol. The third-order valence-corrected chi connectivity index (χ3v) is 8.27. The van der Waals surface area contributed by atoms with Crippen molar-refractivity contribution in [2.75, 3.05) is 23.8 Å². The van der Waals surface area contributed by atoms with Crippen LogP contribution in [0.2, 0.25) is 0 Å². The van der Waals surface area contributed by atoms with Crippen LogP contribution in [0, 0.1) is 6.92 Å². The highest BCUT2D eigenvalue weighted by molar-refractivity contribution is 7.89. The van der Waals surface area contributed by atoms with Gasteiger partial charge in [-0.3, -0.25) is 9.69 Å². The summed E-state index contributed by atoms with van der Waals surface area (Å²) in [6, 6.07) is 10.0. The molecular formula is C35H45F3N4O7S. The molecule has 0 aliphatic heterocycles. The standard InChI is InChI=1S/C35H45F3N4O7S/c1-23-15-16-40-30(19-23)42(32(44)49-34(5,6)7)17-8-9-18-47-29-14-13-24(20-27(29)39)21-28(31(43)48-33(2,3)4)41-50(45,46)26-12-10-11-25(22-26)35(36,37)38/h10-16,19-20,22,28,41H,8-9,17-18,21,39H2,1-7H3/t28-/m0/s1. The van der Waals surface area contributed by atoms with E-state index < -0.39 is 56.0 Å². The van der Waals surface area contributed by atoms with Gasteiger partial charge in [0, 0.05) is 12.7 Å². The highest BCUT2D eigenvalue weighted by Gasteiger charge is 2.34. The average Bonchev–Trinajstić information content (AvgIpc) is 2.97. The van der Waals surface area contributed by atoms with Crippen LogP contribution in [-0.4, -0.2) is 55.9 Å². The summed E-state index contributed by atoms with van der Waals surface area (Å²) in [5, 5.41) is 0. The number of rotatable bonds is 13. The topological polar surface area (TPSA) is 150 Å². The summed E-state index contributed by atoms with van der Waals surface area (Å²) in [5.41, 5.74) is 5.02. The third-order valence-electron chi connectivity index (χ3n) is 6.80. The molecule has 3 aromatic rings. The number of aromatic nitrogens is 1. The predicted octanol–water partition coefficient (Wildman–Crippen LogP) is 6.82. The Balaban J connectivity index is 1.69. The second kappa shape index (κ2) is 16.1. The van der Waals surface area contributed by atoms with Crippen LogP contribution in [0.15, 0.2) is 65.7 Å². The lowest BCUT2D eigenvalue weighted by molar-refractivity contribution is -0.157. The highest BCUT2D eigenvalue weighted by Crippen LogP contribution is 2.31. The molecule has 1 aromatic heterocycles. The Morgan fingerprint density at radius 3 is 2.22 bits per heavy atom. The van der Waals surface area contributed by atoms with Gasteiger partial charge in [0.15, 0.2) is 0 Å². The zero-order valence-electron chi connectivity index (χ0n) is 29.3. The summed E-state index contributed by atoms with van der Waals surface area (Å²) in [4.78, 5) is 31.2. The number of esters is 1. The lowest BCUT2D eigenvalue weighted by Crippen LogP contribution is -2.45. The molecule has 0 unspecified atom stereocenters. The van der Waals surface area contributed by atoms with Crippen molar-refractivity contribution in [1.29, 1.82) is 0 Å². The number of ether oxygens (including phenoxy) is 3. The number of sulfonamides is 1. The molecule has 0 saturated carbocycles. The van der Waals surface area contributed by atoms with Crippen molar-refractivity contribution in [3.63, 3.8) is 0 Å². The quantitative estimate of drug-likeness (QED) is 0.110. The summed E-state index contributed by atoms with van der Waals surface area (Å²) in [6.45, 7) is 12.6. The van der Waals surface area contributed by atoms with Crippen molar-refractivity contribution in [2.24, 2.45) is 0 Å². The molecule has 1 heterocycles. The van der Waals surface area contributed by atoms with Gasteiger partial charge in [0.25, 0.3) is 0 Å². The van der Waals surface area contributed by atoms with Crippen molar-refractivity contribution in [2.45, 2.75) is 96.0 Å². The largest absolute Gasteiger partial charge is 0.491 e. The Morgan fingerprint density at radius 2 is 1.62 bits per heavy atom. The fourth-order valence-electron chi connectivity index (χ4n) is 4.57. The number of alkyl halides is 3. The number of benzene rings is 2. The number of halogens is 3. The van der Waals surface area contributed by atoms with Crippen LogP contribution in [0.4, 0.5) is 29.5 Å². The first kappa shape index (κ1) is 40.1. The van der Waals surface area contributed by atoms with Gasteiger partial charge in [-0.1, -0.05) is 12.1 Å². The number of amides is 1. The van der Waals surface area contributed by atoms with Crippen LogP contribution in [0.5, 0.6) is 5.75 Å². The van der Waals surface area contributed by atoms with Crippen LogP contribution in [-0.2, 0) is 36.9 Å². The number of anilines is 2. The third kappa shape index (κ3) is 12.5. The van der Waals surface area contributed by atoms with E-state index in [1.807, 2.05) is 13.0 Å². The molecule has 0 aliphatic carbocycles. The van der Waals surface area contributed by atoms with Gasteiger partial charge in [0.2, 0.25) is 10.0 Å². The Morgan fingerprint density at radius 1 is 0.940 bits per heavy atom. The van der Waals surface area contributed by atoms with Crippen molar-refractivity contribution in [3.8, 4) is 5.75 Å². The molecule has 1 amide bonds. The molecule has 0 fully saturated rings. The van der Waals surface area contributed by atoms with Crippen molar-refractivity contribution in [1.82, 2.24) is 9.71 Å². The Hall–Kier alpha value is -4.37. The maximum Gasteiger partial charge on any atom is 0.416 e. The van der Waals surface area contributed by atoms with Crippen LogP contribution in [0.3, 0.4) is 0 Å². The number of carbonyl (C=O) groups excluding carboxylic acids is 2. The highest BCUT2D eigenvalue weighted by atomic mass is 32.2. The van der Waals surface area contributed by atoms with Gasteiger partial charge in [-0.05, 0) is 121 Å². The van der Waals surface area contributed by atoms with E-state index in [1.165, 1.54) is 11.0 Å². The minimum absolute atomic E-state index is 0.213. The van der Waals surface area contributed by atoms with Crippen molar-refractivity contribution >= 4 is 33.6 Å². The first-order chi connectivity index (χ1) is 23.0. The number of pyridine rings is 1. The van der Waals surface area contributed by atoms with Crippen LogP contribution < -0.4 is 20.1 Å². The van der Waals surface area contributed by atoms with E-state index in [2.05, 4.69) is 9.71 Å². The molecule has 50 heavy (non-hydrogen) atoms. The zero-order chi connectivity index (χ0) is 37.5. The molecule has 0 spiro atoms. The van der Waals surface area contributed by atoms with Crippen LogP contribution in [0.25, 0.3) is 0 Å². The molecule has 0 radical (unpaired) electrons. The number of nitrogens with two attached hydrogens (primary N) is 1. The Bertz CT molecular complexity index is 1750. The Kier molecular flexibility index (Phi) is 12.9. The second-order valence-corrected chi connectivity index (χ2v) is 15.4. The maximum absolute atomic E-state index is 13.3. The molecular weight excluding hydrogens is 677 g/mol. The molecule has 11 nitrogen and oxygen atoms in total. The number of aryl methyl sites for hydroxylation is 1. The summed E-state index contributed by atoms with van der Waals surface area (Å²) in [6.07, 6.45) is -2.78. The zero-order valence-corrected chi connectivity index (χ0v) is 30.1. The number of hydrogen-bond acceptors (Lipinski definition) is 9. The van der Waals surface area contributed by atoms with E-state index >= 15 is 0 Å². The molecule has 2 aromatic carbocycles. The van der Waals surface area contributed by atoms with E-state index in [0.29, 0.717) is 42.6 Å². The molecule has 274 valence electrons. The molecule has 3 N–H and O–H groups in total. The Labute approximate surface area is 291 Å². The van der Waals surface area contributed by atoms with Crippen LogP contribution in [0.1, 0.15) is 71.1 Å². The smallest absolute Gasteiger partial charge is 0.416 e. The maximum atomic E-state index is 13.3. The number of nitrogen functional groups attached to an aromatic ring is 1. The SMILES string of the molecule is Cc1ccnc(N(CCCCOc2ccc(C[C@H](NS(=O)(=O)c3cccc(C(F)(F)F)c3)C(=O)OC(C)(C)C)cc2N)C(=O)OC(C)(C)C)c1. The first-order valence-corrected chi connectivity index (χ1v) is 17.4. The van der Waals surface area contributed by atoms with E-state index in [4.69, 9.17) is 19.9 Å².